The van der Waals surface area contributed by atoms with Crippen LogP contribution >= 0.6 is 0 Å². The van der Waals surface area contributed by atoms with Gasteiger partial charge >= 0.3 is 84.1 Å². The number of amides is 4. The van der Waals surface area contributed by atoms with Crippen LogP contribution in [0.1, 0.15) is 87.0 Å². The van der Waals surface area contributed by atoms with E-state index in [-0.39, 0.29) is 12.8 Å². The first-order valence-corrected chi connectivity index (χ1v) is 34.4. The number of ether oxygens (including phenoxy) is 17. The van der Waals surface area contributed by atoms with Gasteiger partial charge in [0.25, 0.3) is 5.91 Å². The Morgan fingerprint density at radius 2 is 0.568 bits per heavy atom. The summed E-state index contributed by atoms with van der Waals surface area (Å²) in [6, 6.07) is -1.32. The Morgan fingerprint density at radius 3 is 0.856 bits per heavy atom. The molecule has 5 unspecified atom stereocenters. The minimum absolute atomic E-state index is 0.112. The maximum absolute atomic E-state index is 13.9. The van der Waals surface area contributed by atoms with Gasteiger partial charge in [-0.15, -0.1) is 0 Å². The van der Waals surface area contributed by atoms with E-state index in [1.807, 2.05) is 27.7 Å². The second-order valence-corrected chi connectivity index (χ2v) is 28.7. The molecule has 2 saturated carbocycles. The zero-order valence-electron chi connectivity index (χ0n) is 64.0. The zero-order valence-corrected chi connectivity index (χ0v) is 64.0. The molecule has 2 fully saturated rings. The smallest absolute Gasteiger partial charge is 0.465 e. The van der Waals surface area contributed by atoms with Crippen molar-refractivity contribution in [1.82, 2.24) is 21.3 Å². The van der Waals surface area contributed by atoms with Crippen molar-refractivity contribution in [2.75, 3.05) is 126 Å². The topological polar surface area (TPSA) is 461 Å². The summed E-state index contributed by atoms with van der Waals surface area (Å²) in [6.45, 7) is 30.9. The number of carbonyl (C=O) groups excluding carboxylic acids is 15. The number of hydrogen-bond acceptors (Lipinski definition) is 32. The molecule has 2 rings (SSSR count). The second kappa shape index (κ2) is 46.4. The van der Waals surface area contributed by atoms with Crippen LogP contribution in [0.4, 0.5) is 19.2 Å². The predicted molar refractivity (Wildman–Crippen MR) is 387 cm³/mol. The number of rotatable bonds is 50. The van der Waals surface area contributed by atoms with E-state index in [2.05, 4.69) is 80.5 Å². The van der Waals surface area contributed by atoms with Crippen molar-refractivity contribution in [2.45, 2.75) is 110 Å². The van der Waals surface area contributed by atoms with Crippen molar-refractivity contribution < 1.29 is 152 Å². The van der Waals surface area contributed by atoms with Gasteiger partial charge < -0.3 is 102 Å². The Hall–Kier alpha value is -11.2. The van der Waals surface area contributed by atoms with E-state index in [0.29, 0.717) is 25.7 Å². The maximum atomic E-state index is 13.9. The van der Waals surface area contributed by atoms with Gasteiger partial charge in [-0.25, -0.2) is 62.3 Å². The Bertz CT molecular complexity index is 3250. The van der Waals surface area contributed by atoms with Crippen LogP contribution in [-0.4, -0.2) is 239 Å². The molecule has 0 aliphatic heterocycles. The summed E-state index contributed by atoms with van der Waals surface area (Å²) >= 11 is 0. The summed E-state index contributed by atoms with van der Waals surface area (Å²) in [6.07, 6.45) is 5.06. The molecule has 0 heterocycles. The van der Waals surface area contributed by atoms with E-state index in [1.54, 1.807) is 13.8 Å². The normalized spacial score (nSPS) is 17.9. The van der Waals surface area contributed by atoms with Gasteiger partial charge in [-0.05, 0) is 63.2 Å². The highest BCUT2D eigenvalue weighted by Crippen LogP contribution is 2.43. The summed E-state index contributed by atoms with van der Waals surface area (Å²) in [7, 11) is 0. The number of esters is 10. The molecule has 4 amide bonds. The third-order valence-corrected chi connectivity index (χ3v) is 16.5. The lowest BCUT2D eigenvalue weighted by Gasteiger charge is -2.47. The summed E-state index contributed by atoms with van der Waals surface area (Å²) < 4.78 is 92.2. The lowest BCUT2D eigenvalue weighted by Crippen LogP contribution is -2.58. The quantitative estimate of drug-likeness (QED) is 0.0263. The van der Waals surface area contributed by atoms with E-state index >= 15 is 0 Å². The molecule has 2 aliphatic carbocycles. The summed E-state index contributed by atoms with van der Waals surface area (Å²) in [5, 5.41) is 11.2. The summed E-state index contributed by atoms with van der Waals surface area (Å²) in [5.74, 6) is -9.81. The summed E-state index contributed by atoms with van der Waals surface area (Å²) in [5.41, 5.74) is -9.97. The molecule has 0 aromatic carbocycles. The first-order chi connectivity index (χ1) is 52.1. The lowest BCUT2D eigenvalue weighted by atomic mass is 9.66. The fraction of sp³-hybridized carbons (Fsp3) is 0.560. The molecule has 0 saturated heterocycles. The van der Waals surface area contributed by atoms with Crippen LogP contribution in [-0.2, 0) is 133 Å². The minimum Gasteiger partial charge on any atom is -0.465 e. The largest absolute Gasteiger partial charge is 0.508 e. The third kappa shape index (κ3) is 37.7. The molecule has 0 bridgehead atoms. The van der Waals surface area contributed by atoms with Crippen LogP contribution in [0.5, 0.6) is 0 Å². The standard InChI is InChI=1S/C75H104N4O32/c1-17-55(82)101-40-72(39-100-51(10)80,35-95-36-73(41-102-56(83)18-2,42-103-57(84)19-3)43-104-58(85)20-4)49-110-65(92)77-52-28-68(11,12)33-70(15,30-52)78-54(81)32-99-67(94)98-27-26-97-64(91)76-53-29-69(13,14)34-71(16,31-53)79-66(93)111-50-75(47-108-62(89)24-8,48-109-63(90)25-9)38-96-37-74(44-105-59(86)21-5,45-106-60(87)22-6)46-107-61(88)23-7/h17-25,52-53H,1-9,26-50H2,10-16H3,(H,76,91)(H,77,92)(H,78,81)(H,79,93). The molecule has 36 heteroatoms. The summed E-state index contributed by atoms with van der Waals surface area (Å²) in [4.78, 5) is 190. The van der Waals surface area contributed by atoms with Crippen molar-refractivity contribution in [3.8, 4) is 0 Å². The highest BCUT2D eigenvalue weighted by Gasteiger charge is 2.47. The van der Waals surface area contributed by atoms with Crippen LogP contribution in [0.3, 0.4) is 0 Å². The van der Waals surface area contributed by atoms with Gasteiger partial charge in [0.05, 0.1) is 48.1 Å². The van der Waals surface area contributed by atoms with Crippen molar-refractivity contribution in [3.63, 3.8) is 0 Å². The predicted octanol–water partition coefficient (Wildman–Crippen LogP) is 5.21. The second-order valence-electron chi connectivity index (χ2n) is 28.7. The molecular weight excluding hydrogens is 1470 g/mol. The highest BCUT2D eigenvalue weighted by atomic mass is 16.7. The molecule has 0 spiro atoms. The number of carbonyl (C=O) groups is 15. The van der Waals surface area contributed by atoms with E-state index in [4.69, 9.17) is 80.5 Å². The van der Waals surface area contributed by atoms with E-state index in [9.17, 15) is 71.9 Å². The van der Waals surface area contributed by atoms with Crippen LogP contribution < -0.4 is 21.3 Å². The van der Waals surface area contributed by atoms with Gasteiger partial charge in [-0.1, -0.05) is 86.9 Å². The van der Waals surface area contributed by atoms with E-state index < -0.39 is 271 Å². The van der Waals surface area contributed by atoms with Gasteiger partial charge in [0, 0.05) is 84.8 Å². The van der Waals surface area contributed by atoms with Gasteiger partial charge in [0.1, 0.15) is 92.5 Å². The molecule has 111 heavy (non-hydrogen) atoms. The van der Waals surface area contributed by atoms with E-state index in [0.717, 1.165) is 61.6 Å². The highest BCUT2D eigenvalue weighted by molar-refractivity contribution is 5.85. The Kier molecular flexibility index (Phi) is 40.1. The van der Waals surface area contributed by atoms with Crippen LogP contribution in [0, 0.1) is 32.5 Å². The molecule has 2 aliphatic rings. The number of hydrogen-bond donors (Lipinski definition) is 4. The van der Waals surface area contributed by atoms with Crippen LogP contribution in [0.2, 0.25) is 0 Å². The molecule has 0 aromatic heterocycles. The number of nitrogens with one attached hydrogen (secondary N) is 4. The Morgan fingerprint density at radius 1 is 0.315 bits per heavy atom. The fourth-order valence-corrected chi connectivity index (χ4v) is 12.1. The molecular formula is C75H104N4O32. The van der Waals surface area contributed by atoms with Crippen molar-refractivity contribution in [1.29, 1.82) is 0 Å². The lowest BCUT2D eigenvalue weighted by molar-refractivity contribution is -0.170. The Balaban J connectivity index is 2.18. The first kappa shape index (κ1) is 95.9. The maximum Gasteiger partial charge on any atom is 0.508 e. The van der Waals surface area contributed by atoms with E-state index in [1.165, 1.54) is 0 Å². The molecule has 0 radical (unpaired) electrons. The fourth-order valence-electron chi connectivity index (χ4n) is 12.1. The monoisotopic (exact) mass is 1570 g/mol. The number of alkyl carbamates (subject to hydrolysis) is 3. The Labute approximate surface area is 643 Å². The van der Waals surface area contributed by atoms with Crippen molar-refractivity contribution in [3.05, 3.63) is 114 Å². The average Bonchev–Trinajstić information content (AvgIpc) is 0.796. The van der Waals surface area contributed by atoms with Gasteiger partial charge in [-0.3, -0.25) is 9.59 Å². The van der Waals surface area contributed by atoms with Gasteiger partial charge in [-0.2, -0.15) is 0 Å². The molecule has 4 N–H and O–H groups in total. The van der Waals surface area contributed by atoms with Crippen LogP contribution in [0.25, 0.3) is 0 Å². The van der Waals surface area contributed by atoms with Crippen molar-refractivity contribution in [2.24, 2.45) is 32.5 Å². The van der Waals surface area contributed by atoms with Gasteiger partial charge in [0.15, 0.2) is 6.61 Å². The molecule has 0 aromatic rings. The van der Waals surface area contributed by atoms with Gasteiger partial charge in [0.2, 0.25) is 0 Å². The molecule has 616 valence electrons. The average molecular weight is 1570 g/mol. The van der Waals surface area contributed by atoms with Crippen molar-refractivity contribution >= 4 is 90.0 Å². The first-order valence-electron chi connectivity index (χ1n) is 34.4. The molecule has 5 atom stereocenters. The zero-order chi connectivity index (χ0) is 83.7. The van der Waals surface area contributed by atoms with Crippen LogP contribution in [0.15, 0.2) is 114 Å². The minimum atomic E-state index is -1.74. The molecule has 36 nitrogen and oxygen atoms in total. The third-order valence-electron chi connectivity index (χ3n) is 16.5. The SMILES string of the molecule is C=CC(=O)OCC(COCC(COC(C)=O)(COC(=O)C=C)COC(=O)NC1CC(C)(C)CC(C)(NC(=O)COC(=O)OCCOC(=O)NC2CC(C)(C)CC(C)(NC(=O)OCC(COCC(COC(=O)C=C)(COC(=O)C=C)COC(=O)C=C)(COC(=O)C=C)COC(=O)C=C)C2)C1)(COC(=O)C=C)COC(=O)C=C.